The van der Waals surface area contributed by atoms with Gasteiger partial charge in [0.1, 0.15) is 5.57 Å². The molecule has 5 heteroatoms. The van der Waals surface area contributed by atoms with Gasteiger partial charge in [-0.05, 0) is 12.5 Å². The highest BCUT2D eigenvalue weighted by molar-refractivity contribution is 6.12. The van der Waals surface area contributed by atoms with Gasteiger partial charge >= 0.3 is 11.9 Å². The number of nitrogens with zero attached hydrogens (tertiary/aromatic N) is 1. The molecule has 0 aliphatic carbocycles. The molecule has 0 saturated heterocycles. The standard InChI is InChI=1S/C11H9N.C6H8O4/c12-10-6-2-5-9-11-7-3-1-4-8-11;1-3-10-6(9)4(2)5(7)8/h1-9H;2-3H2,1H3,(H,7,8). The molecule has 0 bridgehead atoms. The molecule has 114 valence electrons. The zero-order valence-corrected chi connectivity index (χ0v) is 12.2. The summed E-state index contributed by atoms with van der Waals surface area (Å²) in [5, 5.41) is 16.4. The predicted molar refractivity (Wildman–Crippen MR) is 83.6 cm³/mol. The lowest BCUT2D eigenvalue weighted by Crippen LogP contribution is -2.13. The van der Waals surface area contributed by atoms with Crippen LogP contribution in [-0.2, 0) is 14.3 Å². The number of carbonyl (C=O) groups excluding carboxylic acids is 1. The predicted octanol–water partition coefficient (Wildman–Crippen LogP) is 2.97. The quantitative estimate of drug-likeness (QED) is 0.225. The maximum absolute atomic E-state index is 10.5. The third-order valence-electron chi connectivity index (χ3n) is 2.15. The number of carboxylic acid groups (broad SMARTS) is 1. The molecule has 0 aromatic heterocycles. The van der Waals surface area contributed by atoms with Gasteiger partial charge in [0.2, 0.25) is 0 Å². The molecule has 1 aromatic rings. The summed E-state index contributed by atoms with van der Waals surface area (Å²) in [4.78, 5) is 20.5. The molecule has 0 atom stereocenters. The highest BCUT2D eigenvalue weighted by atomic mass is 16.5. The number of carbonyl (C=O) groups is 2. The summed E-state index contributed by atoms with van der Waals surface area (Å²) >= 11 is 0. The largest absolute Gasteiger partial charge is 0.477 e. The van der Waals surface area contributed by atoms with Crippen LogP contribution in [0.2, 0.25) is 0 Å². The number of carboxylic acids is 1. The van der Waals surface area contributed by atoms with Crippen LogP contribution >= 0.6 is 0 Å². The SMILES string of the molecule is C=C(C(=O)O)C(=O)OCC.N#CC=CC=Cc1ccccc1. The number of esters is 1. The molecule has 0 aliphatic rings. The number of benzene rings is 1. The Labute approximate surface area is 129 Å². The van der Waals surface area contributed by atoms with Crippen molar-refractivity contribution in [2.24, 2.45) is 0 Å². The van der Waals surface area contributed by atoms with E-state index >= 15 is 0 Å². The lowest BCUT2D eigenvalue weighted by Gasteiger charge is -1.98. The van der Waals surface area contributed by atoms with E-state index in [1.807, 2.05) is 48.6 Å². The minimum absolute atomic E-state index is 0.158. The van der Waals surface area contributed by atoms with Gasteiger partial charge in [0.15, 0.2) is 0 Å². The normalized spacial score (nSPS) is 9.64. The zero-order valence-electron chi connectivity index (χ0n) is 12.2. The number of ether oxygens (including phenoxy) is 1. The molecule has 0 amide bonds. The molecule has 0 heterocycles. The smallest absolute Gasteiger partial charge is 0.344 e. The van der Waals surface area contributed by atoms with Crippen molar-refractivity contribution >= 4 is 18.0 Å². The highest BCUT2D eigenvalue weighted by Crippen LogP contribution is 2.00. The molecule has 0 radical (unpaired) electrons. The van der Waals surface area contributed by atoms with E-state index in [-0.39, 0.29) is 6.61 Å². The van der Waals surface area contributed by atoms with E-state index in [4.69, 9.17) is 10.4 Å². The van der Waals surface area contributed by atoms with Crippen LogP contribution in [0.3, 0.4) is 0 Å². The lowest BCUT2D eigenvalue weighted by atomic mass is 10.2. The van der Waals surface area contributed by atoms with Crippen molar-refractivity contribution in [3.63, 3.8) is 0 Å². The summed E-state index contributed by atoms with van der Waals surface area (Å²) < 4.78 is 4.35. The van der Waals surface area contributed by atoms with Gasteiger partial charge in [-0.15, -0.1) is 0 Å². The van der Waals surface area contributed by atoms with Crippen LogP contribution in [0.25, 0.3) is 6.08 Å². The highest BCUT2D eigenvalue weighted by Gasteiger charge is 2.14. The Balaban J connectivity index is 0.000000409. The molecule has 0 aliphatic heterocycles. The van der Waals surface area contributed by atoms with E-state index < -0.39 is 17.5 Å². The number of aliphatic carboxylic acids is 1. The Kier molecular flexibility index (Phi) is 10.0. The summed E-state index contributed by atoms with van der Waals surface area (Å²) in [6, 6.07) is 11.9. The Morgan fingerprint density at radius 1 is 1.32 bits per heavy atom. The topological polar surface area (TPSA) is 87.4 Å². The van der Waals surface area contributed by atoms with Crippen molar-refractivity contribution < 1.29 is 19.4 Å². The first kappa shape index (κ1) is 18.9. The van der Waals surface area contributed by atoms with Gasteiger partial charge in [-0.3, -0.25) is 0 Å². The van der Waals surface area contributed by atoms with Crippen LogP contribution in [0.1, 0.15) is 12.5 Å². The second kappa shape index (κ2) is 11.7. The van der Waals surface area contributed by atoms with Crippen LogP contribution in [0, 0.1) is 11.3 Å². The van der Waals surface area contributed by atoms with Crippen molar-refractivity contribution in [3.05, 3.63) is 66.3 Å². The van der Waals surface area contributed by atoms with Crippen LogP contribution in [-0.4, -0.2) is 23.7 Å². The first-order chi connectivity index (χ1) is 10.5. The van der Waals surface area contributed by atoms with E-state index in [2.05, 4.69) is 11.3 Å². The number of hydrogen-bond acceptors (Lipinski definition) is 4. The second-order valence-corrected chi connectivity index (χ2v) is 3.76. The maximum Gasteiger partial charge on any atom is 0.344 e. The van der Waals surface area contributed by atoms with E-state index in [9.17, 15) is 9.59 Å². The van der Waals surface area contributed by atoms with Gasteiger partial charge in [0.05, 0.1) is 12.7 Å². The van der Waals surface area contributed by atoms with E-state index in [0.29, 0.717) is 0 Å². The van der Waals surface area contributed by atoms with Gasteiger partial charge in [-0.1, -0.05) is 55.1 Å². The van der Waals surface area contributed by atoms with Crippen molar-refractivity contribution in [2.45, 2.75) is 6.92 Å². The Bertz CT molecular complexity index is 595. The average molecular weight is 299 g/mol. The monoisotopic (exact) mass is 299 g/mol. The molecular formula is C17H17NO4. The molecule has 0 saturated carbocycles. The van der Waals surface area contributed by atoms with Gasteiger partial charge < -0.3 is 9.84 Å². The zero-order chi connectivity index (χ0) is 16.8. The van der Waals surface area contributed by atoms with E-state index in [1.54, 1.807) is 13.0 Å². The fraction of sp³-hybridized carbons (Fsp3) is 0.118. The molecule has 0 spiro atoms. The van der Waals surface area contributed by atoms with Crippen LogP contribution in [0.15, 0.2) is 60.7 Å². The van der Waals surface area contributed by atoms with Crippen LogP contribution in [0.5, 0.6) is 0 Å². The Morgan fingerprint density at radius 2 is 1.95 bits per heavy atom. The third kappa shape index (κ3) is 8.88. The molecule has 0 fully saturated rings. The molecular weight excluding hydrogens is 282 g/mol. The Hall–Kier alpha value is -3.13. The summed E-state index contributed by atoms with van der Waals surface area (Å²) in [5.74, 6) is -2.23. The fourth-order valence-electron chi connectivity index (χ4n) is 1.13. The first-order valence-corrected chi connectivity index (χ1v) is 6.40. The minimum atomic E-state index is -1.35. The van der Waals surface area contributed by atoms with Gasteiger partial charge in [-0.2, -0.15) is 5.26 Å². The first-order valence-electron chi connectivity index (χ1n) is 6.40. The van der Waals surface area contributed by atoms with Gasteiger partial charge in [0, 0.05) is 6.08 Å². The Morgan fingerprint density at radius 3 is 2.45 bits per heavy atom. The average Bonchev–Trinajstić information content (AvgIpc) is 2.52. The number of rotatable bonds is 5. The van der Waals surface area contributed by atoms with Crippen molar-refractivity contribution in [1.29, 1.82) is 5.26 Å². The van der Waals surface area contributed by atoms with Crippen LogP contribution < -0.4 is 0 Å². The molecule has 1 aromatic carbocycles. The summed E-state index contributed by atoms with van der Waals surface area (Å²) in [7, 11) is 0. The summed E-state index contributed by atoms with van der Waals surface area (Å²) in [5.41, 5.74) is 0.599. The summed E-state index contributed by atoms with van der Waals surface area (Å²) in [6.45, 7) is 4.75. The number of allylic oxidation sites excluding steroid dienone is 3. The second-order valence-electron chi connectivity index (χ2n) is 3.76. The van der Waals surface area contributed by atoms with Crippen LogP contribution in [0.4, 0.5) is 0 Å². The number of nitriles is 1. The van der Waals surface area contributed by atoms with E-state index in [1.165, 1.54) is 6.08 Å². The van der Waals surface area contributed by atoms with Crippen molar-refractivity contribution in [3.8, 4) is 6.07 Å². The van der Waals surface area contributed by atoms with Crippen molar-refractivity contribution in [2.75, 3.05) is 6.61 Å². The minimum Gasteiger partial charge on any atom is -0.477 e. The molecule has 1 N–H and O–H groups in total. The summed E-state index contributed by atoms with van der Waals surface area (Å²) in [6.07, 6.45) is 6.96. The fourth-order valence-corrected chi connectivity index (χ4v) is 1.13. The van der Waals surface area contributed by atoms with Gasteiger partial charge in [-0.25, -0.2) is 9.59 Å². The molecule has 0 unspecified atom stereocenters. The third-order valence-corrected chi connectivity index (χ3v) is 2.15. The molecule has 22 heavy (non-hydrogen) atoms. The van der Waals surface area contributed by atoms with Crippen molar-refractivity contribution in [1.82, 2.24) is 0 Å². The van der Waals surface area contributed by atoms with Gasteiger partial charge in [0.25, 0.3) is 0 Å². The maximum atomic E-state index is 10.5. The van der Waals surface area contributed by atoms with E-state index in [0.717, 1.165) is 5.56 Å². The lowest BCUT2D eigenvalue weighted by molar-refractivity contribution is -0.143. The molecule has 1 rings (SSSR count). The number of hydrogen-bond donors (Lipinski definition) is 1. The molecule has 5 nitrogen and oxygen atoms in total.